The van der Waals surface area contributed by atoms with Crippen molar-refractivity contribution >= 4 is 23.4 Å². The molecule has 0 unspecified atom stereocenters. The number of halogens is 3. The molecule has 0 atom stereocenters. The molecule has 0 spiro atoms. The number of para-hydroxylation sites is 1. The zero-order valence-corrected chi connectivity index (χ0v) is 14.9. The number of hydrogen-bond acceptors (Lipinski definition) is 3. The standard InChI is InChI=1S/C19H18F3N3O3/c1-25(17(27)11-23-18(28)13-7-3-2-4-8-13)12-16(26)24-15-10-6-5-9-14(15)19(20,21)22/h2-10H,11-12H2,1H3,(H,23,28)(H,24,26). The van der Waals surface area contributed by atoms with E-state index >= 15 is 0 Å². The third-order valence-corrected chi connectivity index (χ3v) is 3.75. The Hall–Kier alpha value is -3.36. The number of amides is 3. The van der Waals surface area contributed by atoms with Gasteiger partial charge < -0.3 is 15.5 Å². The fraction of sp³-hybridized carbons (Fsp3) is 0.211. The molecule has 0 saturated carbocycles. The zero-order valence-electron chi connectivity index (χ0n) is 14.9. The summed E-state index contributed by atoms with van der Waals surface area (Å²) < 4.78 is 38.8. The molecule has 2 aromatic rings. The van der Waals surface area contributed by atoms with E-state index in [4.69, 9.17) is 0 Å². The SMILES string of the molecule is CN(CC(=O)Nc1ccccc1C(F)(F)F)C(=O)CNC(=O)c1ccccc1. The number of carbonyl (C=O) groups is 3. The van der Waals surface area contributed by atoms with Crippen LogP contribution in [0, 0.1) is 0 Å². The van der Waals surface area contributed by atoms with E-state index in [1.165, 1.54) is 19.2 Å². The Morgan fingerprint density at radius 2 is 1.57 bits per heavy atom. The first kappa shape index (κ1) is 20.9. The van der Waals surface area contributed by atoms with Crippen molar-refractivity contribution in [3.63, 3.8) is 0 Å². The summed E-state index contributed by atoms with van der Waals surface area (Å²) in [5.41, 5.74) is -0.995. The fourth-order valence-corrected chi connectivity index (χ4v) is 2.32. The number of rotatable bonds is 6. The summed E-state index contributed by atoms with van der Waals surface area (Å²) in [4.78, 5) is 37.0. The van der Waals surface area contributed by atoms with Crippen LogP contribution in [0.1, 0.15) is 15.9 Å². The van der Waals surface area contributed by atoms with Crippen molar-refractivity contribution in [3.05, 3.63) is 65.7 Å². The number of nitrogens with zero attached hydrogens (tertiary/aromatic N) is 1. The van der Waals surface area contributed by atoms with Crippen LogP contribution in [0.2, 0.25) is 0 Å². The Bertz CT molecular complexity index is 854. The van der Waals surface area contributed by atoms with Gasteiger partial charge in [-0.05, 0) is 24.3 Å². The van der Waals surface area contributed by atoms with Crippen molar-refractivity contribution in [2.75, 3.05) is 25.5 Å². The first-order chi connectivity index (χ1) is 13.2. The van der Waals surface area contributed by atoms with Crippen molar-refractivity contribution in [1.82, 2.24) is 10.2 Å². The van der Waals surface area contributed by atoms with Crippen molar-refractivity contribution in [3.8, 4) is 0 Å². The molecule has 0 aliphatic rings. The van der Waals surface area contributed by atoms with Gasteiger partial charge in [-0.1, -0.05) is 30.3 Å². The van der Waals surface area contributed by atoms with Crippen LogP contribution in [-0.4, -0.2) is 42.8 Å². The molecule has 6 nitrogen and oxygen atoms in total. The maximum Gasteiger partial charge on any atom is 0.418 e. The van der Waals surface area contributed by atoms with E-state index in [0.29, 0.717) is 5.56 Å². The highest BCUT2D eigenvalue weighted by Gasteiger charge is 2.33. The van der Waals surface area contributed by atoms with Crippen LogP contribution in [0.25, 0.3) is 0 Å². The minimum Gasteiger partial charge on any atom is -0.343 e. The van der Waals surface area contributed by atoms with E-state index in [9.17, 15) is 27.6 Å². The van der Waals surface area contributed by atoms with Gasteiger partial charge in [-0.2, -0.15) is 13.2 Å². The van der Waals surface area contributed by atoms with Crippen LogP contribution >= 0.6 is 0 Å². The first-order valence-corrected chi connectivity index (χ1v) is 8.22. The van der Waals surface area contributed by atoms with Gasteiger partial charge in [0.1, 0.15) is 0 Å². The number of anilines is 1. The molecule has 9 heteroatoms. The zero-order chi connectivity index (χ0) is 20.7. The molecule has 28 heavy (non-hydrogen) atoms. The van der Waals surface area contributed by atoms with Crippen LogP contribution in [-0.2, 0) is 15.8 Å². The van der Waals surface area contributed by atoms with Gasteiger partial charge in [0.15, 0.2) is 0 Å². The van der Waals surface area contributed by atoms with Crippen LogP contribution in [0.3, 0.4) is 0 Å². The average Bonchev–Trinajstić information content (AvgIpc) is 2.65. The van der Waals surface area contributed by atoms with Gasteiger partial charge in [0.25, 0.3) is 5.91 Å². The molecule has 2 rings (SSSR count). The highest BCUT2D eigenvalue weighted by atomic mass is 19.4. The monoisotopic (exact) mass is 393 g/mol. The predicted octanol–water partition coefficient (Wildman–Crippen LogP) is 2.53. The van der Waals surface area contributed by atoms with Gasteiger partial charge in [-0.25, -0.2) is 0 Å². The van der Waals surface area contributed by atoms with E-state index in [1.807, 2.05) is 0 Å². The molecule has 0 saturated heterocycles. The number of benzene rings is 2. The van der Waals surface area contributed by atoms with E-state index in [0.717, 1.165) is 17.0 Å². The molecule has 2 aromatic carbocycles. The Balaban J connectivity index is 1.89. The van der Waals surface area contributed by atoms with Gasteiger partial charge >= 0.3 is 6.18 Å². The maximum absolute atomic E-state index is 12.9. The summed E-state index contributed by atoms with van der Waals surface area (Å²) in [5, 5.41) is 4.57. The van der Waals surface area contributed by atoms with Crippen molar-refractivity contribution in [1.29, 1.82) is 0 Å². The van der Waals surface area contributed by atoms with Gasteiger partial charge in [0.2, 0.25) is 11.8 Å². The largest absolute Gasteiger partial charge is 0.418 e. The van der Waals surface area contributed by atoms with Gasteiger partial charge in [-0.3, -0.25) is 14.4 Å². The summed E-state index contributed by atoms with van der Waals surface area (Å²) in [5.74, 6) is -1.81. The van der Waals surface area contributed by atoms with Gasteiger partial charge in [0.05, 0.1) is 24.3 Å². The van der Waals surface area contributed by atoms with Crippen LogP contribution < -0.4 is 10.6 Å². The van der Waals surface area contributed by atoms with Crippen molar-refractivity contribution < 1.29 is 27.6 Å². The summed E-state index contributed by atoms with van der Waals surface area (Å²) in [6.45, 7) is -0.817. The fourth-order valence-electron chi connectivity index (χ4n) is 2.32. The molecular weight excluding hydrogens is 375 g/mol. The lowest BCUT2D eigenvalue weighted by atomic mass is 10.1. The number of likely N-dealkylation sites (N-methyl/N-ethyl adjacent to an activating group) is 1. The highest BCUT2D eigenvalue weighted by molar-refractivity contribution is 5.98. The maximum atomic E-state index is 12.9. The topological polar surface area (TPSA) is 78.5 Å². The van der Waals surface area contributed by atoms with E-state index in [2.05, 4.69) is 10.6 Å². The van der Waals surface area contributed by atoms with Gasteiger partial charge in [-0.15, -0.1) is 0 Å². The lowest BCUT2D eigenvalue weighted by Gasteiger charge is -2.18. The second-order valence-electron chi connectivity index (χ2n) is 5.89. The quantitative estimate of drug-likeness (QED) is 0.792. The van der Waals surface area contributed by atoms with Crippen LogP contribution in [0.15, 0.2) is 54.6 Å². The first-order valence-electron chi connectivity index (χ1n) is 8.22. The molecular formula is C19H18F3N3O3. The normalized spacial score (nSPS) is 10.9. The molecule has 0 aromatic heterocycles. The van der Waals surface area contributed by atoms with E-state index in [-0.39, 0.29) is 6.54 Å². The minimum atomic E-state index is -4.62. The number of nitrogens with one attached hydrogen (secondary N) is 2. The predicted molar refractivity (Wildman–Crippen MR) is 96.5 cm³/mol. The molecule has 0 aliphatic heterocycles. The lowest BCUT2D eigenvalue weighted by molar-refractivity contribution is -0.137. The molecule has 0 bridgehead atoms. The lowest BCUT2D eigenvalue weighted by Crippen LogP contribution is -2.41. The number of hydrogen-bond donors (Lipinski definition) is 2. The van der Waals surface area contributed by atoms with Crippen molar-refractivity contribution in [2.24, 2.45) is 0 Å². The summed E-state index contributed by atoms with van der Waals surface area (Å²) >= 11 is 0. The van der Waals surface area contributed by atoms with Crippen LogP contribution in [0.4, 0.5) is 18.9 Å². The third-order valence-electron chi connectivity index (χ3n) is 3.75. The molecule has 0 fully saturated rings. The molecule has 3 amide bonds. The number of alkyl halides is 3. The molecule has 0 aliphatic carbocycles. The summed E-state index contributed by atoms with van der Waals surface area (Å²) in [6, 6.07) is 12.8. The summed E-state index contributed by atoms with van der Waals surface area (Å²) in [6.07, 6.45) is -4.62. The smallest absolute Gasteiger partial charge is 0.343 e. The van der Waals surface area contributed by atoms with Crippen LogP contribution in [0.5, 0.6) is 0 Å². The molecule has 148 valence electrons. The minimum absolute atomic E-state index is 0.351. The molecule has 0 radical (unpaired) electrons. The Morgan fingerprint density at radius 3 is 2.21 bits per heavy atom. The van der Waals surface area contributed by atoms with E-state index in [1.54, 1.807) is 30.3 Å². The van der Waals surface area contributed by atoms with Crippen molar-refractivity contribution in [2.45, 2.75) is 6.18 Å². The van der Waals surface area contributed by atoms with E-state index < -0.39 is 41.7 Å². The van der Waals surface area contributed by atoms with Gasteiger partial charge in [0, 0.05) is 12.6 Å². The third kappa shape index (κ3) is 5.83. The Kier molecular flexibility index (Phi) is 6.75. The summed E-state index contributed by atoms with van der Waals surface area (Å²) in [7, 11) is 1.31. The highest BCUT2D eigenvalue weighted by Crippen LogP contribution is 2.34. The molecule has 2 N–H and O–H groups in total. The average molecular weight is 393 g/mol. The molecule has 0 heterocycles. The second kappa shape index (κ2) is 9.03. The Morgan fingerprint density at radius 1 is 0.964 bits per heavy atom. The second-order valence-corrected chi connectivity index (χ2v) is 5.89. The number of carbonyl (C=O) groups excluding carboxylic acids is 3. The Labute approximate surface area is 159 Å².